The maximum atomic E-state index is 12.5. The molecule has 5 heteroatoms. The number of benzene rings is 3. The summed E-state index contributed by atoms with van der Waals surface area (Å²) < 4.78 is 0. The van der Waals surface area contributed by atoms with Crippen LogP contribution in [0.2, 0.25) is 0 Å². The molecular formula is C25H25N3O2. The Bertz CT molecular complexity index is 974. The Morgan fingerprint density at radius 1 is 0.833 bits per heavy atom. The fourth-order valence-corrected chi connectivity index (χ4v) is 3.19. The van der Waals surface area contributed by atoms with E-state index in [4.69, 9.17) is 0 Å². The van der Waals surface area contributed by atoms with Gasteiger partial charge in [0.1, 0.15) is 0 Å². The number of hydrogen-bond acceptors (Lipinski definition) is 3. The highest BCUT2D eigenvalue weighted by Gasteiger charge is 2.17. The van der Waals surface area contributed by atoms with Crippen LogP contribution in [-0.4, -0.2) is 17.5 Å². The van der Waals surface area contributed by atoms with Gasteiger partial charge in [-0.3, -0.25) is 9.59 Å². The third-order valence-electron chi connectivity index (χ3n) is 4.77. The van der Waals surface area contributed by atoms with E-state index in [1.807, 2.05) is 43.3 Å². The first-order valence-electron chi connectivity index (χ1n) is 9.92. The molecule has 0 atom stereocenters. The Morgan fingerprint density at radius 3 is 1.87 bits per heavy atom. The lowest BCUT2D eigenvalue weighted by Gasteiger charge is -2.18. The maximum absolute atomic E-state index is 12.5. The first-order valence-corrected chi connectivity index (χ1v) is 9.92. The molecule has 0 radical (unpaired) electrons. The van der Waals surface area contributed by atoms with E-state index in [2.05, 4.69) is 40.1 Å². The second-order valence-corrected chi connectivity index (χ2v) is 6.93. The second kappa shape index (κ2) is 10.2. The minimum atomic E-state index is -0.303. The summed E-state index contributed by atoms with van der Waals surface area (Å²) in [5.41, 5.74) is 6.78. The number of carbonyl (C=O) groups is 2. The van der Waals surface area contributed by atoms with E-state index >= 15 is 0 Å². The van der Waals surface area contributed by atoms with Crippen molar-refractivity contribution in [3.63, 3.8) is 0 Å². The number of nitrogens with zero attached hydrogens (tertiary/aromatic N) is 1. The van der Waals surface area contributed by atoms with Crippen molar-refractivity contribution in [1.29, 1.82) is 0 Å². The van der Waals surface area contributed by atoms with Crippen molar-refractivity contribution < 1.29 is 9.59 Å². The molecule has 5 nitrogen and oxygen atoms in total. The van der Waals surface area contributed by atoms with Crippen LogP contribution in [0.25, 0.3) is 0 Å². The van der Waals surface area contributed by atoms with E-state index in [-0.39, 0.29) is 17.7 Å². The van der Waals surface area contributed by atoms with Gasteiger partial charge in [0.15, 0.2) is 0 Å². The summed E-state index contributed by atoms with van der Waals surface area (Å²) in [4.78, 5) is 24.0. The van der Waals surface area contributed by atoms with Crippen molar-refractivity contribution in [3.05, 3.63) is 102 Å². The van der Waals surface area contributed by atoms with Gasteiger partial charge in [-0.15, -0.1) is 0 Å². The standard InChI is InChI=1S/C25H25N3O2/c1-3-23(29)26-22-16-14-21(15-17-22)25(30)28-27-18(2)24(19-10-6-4-7-11-19)20-12-8-5-9-13-20/h4-17,24H,3H2,1-2H3,(H,26,29)(H,28,30)/b27-18+. The van der Waals surface area contributed by atoms with Crippen LogP contribution < -0.4 is 10.7 Å². The van der Waals surface area contributed by atoms with E-state index in [0.29, 0.717) is 17.7 Å². The third kappa shape index (κ3) is 5.41. The summed E-state index contributed by atoms with van der Waals surface area (Å²) in [5.74, 6) is -0.429. The molecule has 0 saturated carbocycles. The molecule has 0 spiro atoms. The SMILES string of the molecule is CCC(=O)Nc1ccc(C(=O)N/N=C(\C)C(c2ccccc2)c2ccccc2)cc1. The molecule has 0 heterocycles. The second-order valence-electron chi connectivity index (χ2n) is 6.93. The molecule has 0 unspecified atom stereocenters. The molecule has 3 aromatic carbocycles. The summed E-state index contributed by atoms with van der Waals surface area (Å²) in [6.45, 7) is 3.70. The molecule has 2 N–H and O–H groups in total. The van der Waals surface area contributed by atoms with Crippen LogP contribution in [0.3, 0.4) is 0 Å². The van der Waals surface area contributed by atoms with Gasteiger partial charge in [-0.1, -0.05) is 67.6 Å². The van der Waals surface area contributed by atoms with Gasteiger partial charge >= 0.3 is 0 Å². The largest absolute Gasteiger partial charge is 0.326 e. The van der Waals surface area contributed by atoms with E-state index in [1.165, 1.54) is 0 Å². The summed E-state index contributed by atoms with van der Waals surface area (Å²) in [5, 5.41) is 7.15. The first kappa shape index (κ1) is 21.0. The van der Waals surface area contributed by atoms with Crippen molar-refractivity contribution in [3.8, 4) is 0 Å². The van der Waals surface area contributed by atoms with E-state index in [9.17, 15) is 9.59 Å². The average Bonchev–Trinajstić information content (AvgIpc) is 2.79. The van der Waals surface area contributed by atoms with Crippen LogP contribution >= 0.6 is 0 Å². The third-order valence-corrected chi connectivity index (χ3v) is 4.77. The Labute approximate surface area is 176 Å². The van der Waals surface area contributed by atoms with Crippen LogP contribution in [0.1, 0.15) is 47.7 Å². The highest BCUT2D eigenvalue weighted by atomic mass is 16.2. The molecule has 3 aromatic rings. The smallest absolute Gasteiger partial charge is 0.271 e. The predicted octanol–water partition coefficient (Wildman–Crippen LogP) is 4.97. The average molecular weight is 399 g/mol. The molecule has 0 bridgehead atoms. The fraction of sp³-hybridized carbons (Fsp3) is 0.160. The summed E-state index contributed by atoms with van der Waals surface area (Å²) in [6.07, 6.45) is 0.403. The van der Waals surface area contributed by atoms with Crippen molar-refractivity contribution >= 4 is 23.2 Å². The van der Waals surface area contributed by atoms with Crippen LogP contribution in [0.15, 0.2) is 90.0 Å². The zero-order valence-electron chi connectivity index (χ0n) is 17.1. The number of hydrazone groups is 1. The van der Waals surface area contributed by atoms with Gasteiger partial charge in [-0.05, 0) is 42.3 Å². The number of carbonyl (C=O) groups excluding carboxylic acids is 2. The Kier molecular flexibility index (Phi) is 7.11. The van der Waals surface area contributed by atoms with E-state index < -0.39 is 0 Å². The monoisotopic (exact) mass is 399 g/mol. The molecule has 0 aliphatic rings. The van der Waals surface area contributed by atoms with Gasteiger partial charge in [0.25, 0.3) is 5.91 Å². The topological polar surface area (TPSA) is 70.6 Å². The Morgan fingerprint density at radius 2 is 1.37 bits per heavy atom. The van der Waals surface area contributed by atoms with Gasteiger partial charge in [0, 0.05) is 29.3 Å². The van der Waals surface area contributed by atoms with Crippen molar-refractivity contribution in [2.75, 3.05) is 5.32 Å². The Hall–Kier alpha value is -3.73. The Balaban J connectivity index is 1.76. The minimum Gasteiger partial charge on any atom is -0.326 e. The summed E-state index contributed by atoms with van der Waals surface area (Å²) in [6, 6.07) is 26.9. The number of anilines is 1. The molecule has 2 amide bonds. The first-order chi connectivity index (χ1) is 14.6. The molecule has 3 rings (SSSR count). The zero-order chi connectivity index (χ0) is 21.3. The number of hydrogen-bond donors (Lipinski definition) is 2. The molecule has 152 valence electrons. The lowest BCUT2D eigenvalue weighted by atomic mass is 9.88. The molecule has 0 aromatic heterocycles. The zero-order valence-corrected chi connectivity index (χ0v) is 17.1. The van der Waals surface area contributed by atoms with Crippen molar-refractivity contribution in [1.82, 2.24) is 5.43 Å². The van der Waals surface area contributed by atoms with Crippen LogP contribution in [-0.2, 0) is 4.79 Å². The molecule has 0 fully saturated rings. The highest BCUT2D eigenvalue weighted by Crippen LogP contribution is 2.26. The molecule has 0 aliphatic carbocycles. The normalized spacial score (nSPS) is 11.2. The van der Waals surface area contributed by atoms with E-state index in [1.54, 1.807) is 31.2 Å². The number of rotatable bonds is 7. The lowest BCUT2D eigenvalue weighted by Crippen LogP contribution is -2.22. The van der Waals surface area contributed by atoms with Crippen LogP contribution in [0.4, 0.5) is 5.69 Å². The predicted molar refractivity (Wildman–Crippen MR) is 121 cm³/mol. The summed E-state index contributed by atoms with van der Waals surface area (Å²) in [7, 11) is 0. The fourth-order valence-electron chi connectivity index (χ4n) is 3.19. The lowest BCUT2D eigenvalue weighted by molar-refractivity contribution is -0.115. The maximum Gasteiger partial charge on any atom is 0.271 e. The van der Waals surface area contributed by atoms with Crippen molar-refractivity contribution in [2.45, 2.75) is 26.2 Å². The summed E-state index contributed by atoms with van der Waals surface area (Å²) >= 11 is 0. The molecule has 30 heavy (non-hydrogen) atoms. The van der Waals surface area contributed by atoms with Gasteiger partial charge in [-0.25, -0.2) is 5.43 Å². The van der Waals surface area contributed by atoms with Gasteiger partial charge in [0.2, 0.25) is 5.91 Å². The molecular weight excluding hydrogens is 374 g/mol. The van der Waals surface area contributed by atoms with Gasteiger partial charge < -0.3 is 5.32 Å². The highest BCUT2D eigenvalue weighted by molar-refractivity contribution is 5.98. The van der Waals surface area contributed by atoms with Crippen LogP contribution in [0.5, 0.6) is 0 Å². The molecule has 0 aliphatic heterocycles. The van der Waals surface area contributed by atoms with Gasteiger partial charge in [-0.2, -0.15) is 5.10 Å². The van der Waals surface area contributed by atoms with Crippen LogP contribution in [0, 0.1) is 0 Å². The van der Waals surface area contributed by atoms with Crippen molar-refractivity contribution in [2.24, 2.45) is 5.10 Å². The van der Waals surface area contributed by atoms with Gasteiger partial charge in [0.05, 0.1) is 0 Å². The number of amides is 2. The number of nitrogens with one attached hydrogen (secondary N) is 2. The quantitative estimate of drug-likeness (QED) is 0.435. The van der Waals surface area contributed by atoms with E-state index in [0.717, 1.165) is 16.8 Å². The minimum absolute atomic E-state index is 0.0562. The molecule has 0 saturated heterocycles.